The lowest BCUT2D eigenvalue weighted by molar-refractivity contribution is -0.135. The summed E-state index contributed by atoms with van der Waals surface area (Å²) >= 11 is 0. The summed E-state index contributed by atoms with van der Waals surface area (Å²) in [5.41, 5.74) is 2.37. The Kier molecular flexibility index (Phi) is 5.83. The first kappa shape index (κ1) is 15.3. The second kappa shape index (κ2) is 7.62. The molecule has 1 N–H and O–H groups in total. The van der Waals surface area contributed by atoms with Crippen molar-refractivity contribution in [3.8, 4) is 5.75 Å². The molecule has 1 heterocycles. The van der Waals surface area contributed by atoms with Crippen LogP contribution < -0.4 is 10.1 Å². The van der Waals surface area contributed by atoms with Gasteiger partial charge in [0.05, 0.1) is 26.9 Å². The summed E-state index contributed by atoms with van der Waals surface area (Å²) in [5, 5.41) is 3.50. The zero-order valence-corrected chi connectivity index (χ0v) is 12.6. The molecule has 1 saturated heterocycles. The molecule has 1 atom stereocenters. The molecule has 4 nitrogen and oxygen atoms in total. The Hall–Kier alpha value is -1.10. The third-order valence-electron chi connectivity index (χ3n) is 3.59. The first-order valence-corrected chi connectivity index (χ1v) is 7.34. The van der Waals surface area contributed by atoms with Gasteiger partial charge in [0.15, 0.2) is 0 Å². The average Bonchev–Trinajstić information content (AvgIpc) is 2.43. The molecule has 0 spiro atoms. The molecule has 112 valence electrons. The number of hydrogen-bond acceptors (Lipinski definition) is 4. The Morgan fingerprint density at radius 1 is 1.40 bits per heavy atom. The van der Waals surface area contributed by atoms with Crippen LogP contribution in [0.15, 0.2) is 18.2 Å². The van der Waals surface area contributed by atoms with Crippen LogP contribution in [0.1, 0.15) is 37.4 Å². The second-order valence-corrected chi connectivity index (χ2v) is 5.22. The molecule has 4 heteroatoms. The minimum absolute atomic E-state index is 0.235. The Morgan fingerprint density at radius 3 is 2.80 bits per heavy atom. The van der Waals surface area contributed by atoms with Gasteiger partial charge < -0.3 is 19.5 Å². The first-order valence-electron chi connectivity index (χ1n) is 7.34. The molecule has 1 aromatic rings. The van der Waals surface area contributed by atoms with Crippen molar-refractivity contribution in [2.45, 2.75) is 39.0 Å². The van der Waals surface area contributed by atoms with Crippen LogP contribution in [0.4, 0.5) is 0 Å². The minimum atomic E-state index is 0.235. The van der Waals surface area contributed by atoms with E-state index in [9.17, 15) is 0 Å². The lowest BCUT2D eigenvalue weighted by Crippen LogP contribution is -2.35. The Morgan fingerprint density at radius 2 is 2.20 bits per heavy atom. The van der Waals surface area contributed by atoms with E-state index in [0.29, 0.717) is 25.9 Å². The highest BCUT2D eigenvalue weighted by Gasteiger charge is 2.19. The standard InChI is InChI=1S/C16H25NO3/c1-4-7-17-12(2)13-5-6-16(18-3)14(8-13)9-20-15-10-19-11-15/h5-6,8,12,15,17H,4,7,9-11H2,1-3H3. The van der Waals surface area contributed by atoms with E-state index >= 15 is 0 Å². The van der Waals surface area contributed by atoms with Crippen LogP contribution in [-0.4, -0.2) is 33.0 Å². The van der Waals surface area contributed by atoms with Gasteiger partial charge in [-0.2, -0.15) is 0 Å². The van der Waals surface area contributed by atoms with E-state index in [1.165, 1.54) is 5.56 Å². The van der Waals surface area contributed by atoms with Crippen LogP contribution in [0.5, 0.6) is 5.75 Å². The van der Waals surface area contributed by atoms with Gasteiger partial charge in [-0.1, -0.05) is 13.0 Å². The fraction of sp³-hybridized carbons (Fsp3) is 0.625. The summed E-state index contributed by atoms with van der Waals surface area (Å²) in [6.07, 6.45) is 1.37. The van der Waals surface area contributed by atoms with E-state index in [-0.39, 0.29) is 6.10 Å². The Labute approximate surface area is 121 Å². The SMILES string of the molecule is CCCNC(C)c1ccc(OC)c(COC2COC2)c1. The van der Waals surface area contributed by atoms with Crippen molar-refractivity contribution in [3.05, 3.63) is 29.3 Å². The zero-order valence-electron chi connectivity index (χ0n) is 12.6. The molecule has 1 aromatic carbocycles. The highest BCUT2D eigenvalue weighted by atomic mass is 16.6. The van der Waals surface area contributed by atoms with Gasteiger partial charge in [-0.25, -0.2) is 0 Å². The van der Waals surface area contributed by atoms with Gasteiger partial charge in [0.1, 0.15) is 11.9 Å². The molecule has 1 aliphatic heterocycles. The van der Waals surface area contributed by atoms with Crippen molar-refractivity contribution < 1.29 is 14.2 Å². The number of nitrogens with one attached hydrogen (secondary N) is 1. The first-order chi connectivity index (χ1) is 9.74. The predicted octanol–water partition coefficient (Wildman–Crippen LogP) is 2.67. The molecular formula is C16H25NO3. The third kappa shape index (κ3) is 3.95. The third-order valence-corrected chi connectivity index (χ3v) is 3.59. The Bertz CT molecular complexity index is 418. The topological polar surface area (TPSA) is 39.7 Å². The highest BCUT2D eigenvalue weighted by molar-refractivity contribution is 5.38. The van der Waals surface area contributed by atoms with E-state index in [1.807, 2.05) is 6.07 Å². The zero-order chi connectivity index (χ0) is 14.4. The summed E-state index contributed by atoms with van der Waals surface area (Å²) < 4.78 is 16.3. The monoisotopic (exact) mass is 279 g/mol. The number of benzene rings is 1. The number of rotatable bonds is 8. The molecule has 0 aromatic heterocycles. The van der Waals surface area contributed by atoms with E-state index in [2.05, 4.69) is 31.3 Å². The number of methoxy groups -OCH3 is 1. The van der Waals surface area contributed by atoms with E-state index in [1.54, 1.807) is 7.11 Å². The second-order valence-electron chi connectivity index (χ2n) is 5.22. The highest BCUT2D eigenvalue weighted by Crippen LogP contribution is 2.25. The molecule has 0 bridgehead atoms. The van der Waals surface area contributed by atoms with Crippen LogP contribution in [-0.2, 0) is 16.1 Å². The van der Waals surface area contributed by atoms with Gasteiger partial charge in [0, 0.05) is 11.6 Å². The fourth-order valence-corrected chi connectivity index (χ4v) is 2.18. The summed E-state index contributed by atoms with van der Waals surface area (Å²) in [5.74, 6) is 0.886. The van der Waals surface area contributed by atoms with E-state index in [0.717, 1.165) is 24.3 Å². The smallest absolute Gasteiger partial charge is 0.124 e. The van der Waals surface area contributed by atoms with Gasteiger partial charge in [-0.15, -0.1) is 0 Å². The van der Waals surface area contributed by atoms with Crippen molar-refractivity contribution >= 4 is 0 Å². The van der Waals surface area contributed by atoms with Gasteiger partial charge >= 0.3 is 0 Å². The molecule has 1 fully saturated rings. The van der Waals surface area contributed by atoms with Gasteiger partial charge in [0.25, 0.3) is 0 Å². The van der Waals surface area contributed by atoms with E-state index < -0.39 is 0 Å². The van der Waals surface area contributed by atoms with Crippen LogP contribution in [0.3, 0.4) is 0 Å². The van der Waals surface area contributed by atoms with Crippen molar-refractivity contribution in [3.63, 3.8) is 0 Å². The maximum Gasteiger partial charge on any atom is 0.124 e. The summed E-state index contributed by atoms with van der Waals surface area (Å²) in [7, 11) is 1.70. The lowest BCUT2D eigenvalue weighted by atomic mass is 10.0. The minimum Gasteiger partial charge on any atom is -0.496 e. The van der Waals surface area contributed by atoms with Crippen molar-refractivity contribution in [2.24, 2.45) is 0 Å². The fourth-order valence-electron chi connectivity index (χ4n) is 2.18. The number of ether oxygens (including phenoxy) is 3. The molecule has 0 amide bonds. The average molecular weight is 279 g/mol. The molecule has 1 aliphatic rings. The van der Waals surface area contributed by atoms with Crippen LogP contribution in [0, 0.1) is 0 Å². The summed E-state index contributed by atoms with van der Waals surface area (Å²) in [4.78, 5) is 0. The molecular weight excluding hydrogens is 254 g/mol. The van der Waals surface area contributed by atoms with Gasteiger partial charge in [-0.05, 0) is 37.6 Å². The predicted molar refractivity (Wildman–Crippen MR) is 79.1 cm³/mol. The van der Waals surface area contributed by atoms with E-state index in [4.69, 9.17) is 14.2 Å². The summed E-state index contributed by atoms with van der Waals surface area (Å²) in [6.45, 7) is 7.37. The van der Waals surface area contributed by atoms with Crippen molar-refractivity contribution in [1.29, 1.82) is 0 Å². The maximum absolute atomic E-state index is 5.80. The quantitative estimate of drug-likeness (QED) is 0.794. The lowest BCUT2D eigenvalue weighted by Gasteiger charge is -2.26. The molecule has 1 unspecified atom stereocenters. The largest absolute Gasteiger partial charge is 0.496 e. The van der Waals surface area contributed by atoms with Crippen molar-refractivity contribution in [1.82, 2.24) is 5.32 Å². The Balaban J connectivity index is 2.02. The van der Waals surface area contributed by atoms with Crippen LogP contribution >= 0.6 is 0 Å². The van der Waals surface area contributed by atoms with Crippen LogP contribution in [0.2, 0.25) is 0 Å². The maximum atomic E-state index is 5.80. The molecule has 2 rings (SSSR count). The molecule has 0 radical (unpaired) electrons. The molecule has 0 aliphatic carbocycles. The normalized spacial score (nSPS) is 16.8. The number of hydrogen-bond donors (Lipinski definition) is 1. The van der Waals surface area contributed by atoms with Crippen molar-refractivity contribution in [2.75, 3.05) is 26.9 Å². The summed E-state index contributed by atoms with van der Waals surface area (Å²) in [6, 6.07) is 6.65. The van der Waals surface area contributed by atoms with Gasteiger partial charge in [-0.3, -0.25) is 0 Å². The van der Waals surface area contributed by atoms with Crippen LogP contribution in [0.25, 0.3) is 0 Å². The molecule has 20 heavy (non-hydrogen) atoms. The van der Waals surface area contributed by atoms with Gasteiger partial charge in [0.2, 0.25) is 0 Å². The molecule has 0 saturated carbocycles.